The first-order valence-corrected chi connectivity index (χ1v) is 6.36. The second-order valence-electron chi connectivity index (χ2n) is 6.48. The lowest BCUT2D eigenvalue weighted by molar-refractivity contribution is 0.0779. The first kappa shape index (κ1) is 12.2. The van der Waals surface area contributed by atoms with E-state index in [1.807, 2.05) is 12.1 Å². The monoisotopic (exact) mass is 227 g/mol. The van der Waals surface area contributed by atoms with Crippen molar-refractivity contribution in [2.75, 3.05) is 0 Å². The van der Waals surface area contributed by atoms with Crippen LogP contribution in [0.25, 0.3) is 0 Å². The Bertz CT molecular complexity index is 453. The average Bonchev–Trinajstić information content (AvgIpc) is 2.18. The Morgan fingerprint density at radius 2 is 1.82 bits per heavy atom. The zero-order valence-corrected chi connectivity index (χ0v) is 11.2. The largest absolute Gasteiger partial charge is 0.197 e. The maximum atomic E-state index is 9.55. The van der Waals surface area contributed by atoms with Crippen LogP contribution in [-0.2, 0) is 5.41 Å². The molecule has 0 aromatic heterocycles. The molecule has 2 rings (SSSR count). The smallest absolute Gasteiger partial charge is 0.0830 e. The van der Waals surface area contributed by atoms with E-state index < -0.39 is 0 Å². The SMILES string of the molecule is Cc1ccccc1C1(C#N)CC(C(C)(C)C)C1. The van der Waals surface area contributed by atoms with Crippen LogP contribution in [0, 0.1) is 29.6 Å². The summed E-state index contributed by atoms with van der Waals surface area (Å²) >= 11 is 0. The molecule has 0 bridgehead atoms. The van der Waals surface area contributed by atoms with Gasteiger partial charge in [0.25, 0.3) is 0 Å². The average molecular weight is 227 g/mol. The predicted molar refractivity (Wildman–Crippen MR) is 70.6 cm³/mol. The van der Waals surface area contributed by atoms with Gasteiger partial charge in [-0.3, -0.25) is 0 Å². The Morgan fingerprint density at radius 1 is 1.24 bits per heavy atom. The molecule has 17 heavy (non-hydrogen) atoms. The second-order valence-corrected chi connectivity index (χ2v) is 6.48. The standard InChI is InChI=1S/C16H21N/c1-12-7-5-6-8-14(12)16(11-17)9-13(10-16)15(2,3)4/h5-8,13H,9-10H2,1-4H3. The number of nitriles is 1. The summed E-state index contributed by atoms with van der Waals surface area (Å²) in [5.41, 5.74) is 2.59. The molecular weight excluding hydrogens is 206 g/mol. The molecule has 0 amide bonds. The van der Waals surface area contributed by atoms with E-state index >= 15 is 0 Å². The van der Waals surface area contributed by atoms with Crippen molar-refractivity contribution in [2.24, 2.45) is 11.3 Å². The van der Waals surface area contributed by atoms with E-state index in [2.05, 4.69) is 45.9 Å². The van der Waals surface area contributed by atoms with Crippen molar-refractivity contribution in [1.82, 2.24) is 0 Å². The van der Waals surface area contributed by atoms with Crippen LogP contribution in [0.1, 0.15) is 44.7 Å². The molecule has 0 heterocycles. The summed E-state index contributed by atoms with van der Waals surface area (Å²) in [5.74, 6) is 0.668. The molecule has 1 aromatic carbocycles. The van der Waals surface area contributed by atoms with E-state index in [4.69, 9.17) is 0 Å². The highest BCUT2D eigenvalue weighted by Gasteiger charge is 2.50. The molecule has 1 nitrogen and oxygen atoms in total. The molecule has 0 aliphatic heterocycles. The van der Waals surface area contributed by atoms with Crippen LogP contribution in [0.2, 0.25) is 0 Å². The molecule has 0 atom stereocenters. The summed E-state index contributed by atoms with van der Waals surface area (Å²) in [6.07, 6.45) is 2.02. The third-order valence-corrected chi connectivity index (χ3v) is 4.29. The van der Waals surface area contributed by atoms with E-state index in [0.29, 0.717) is 11.3 Å². The van der Waals surface area contributed by atoms with Crippen LogP contribution in [-0.4, -0.2) is 0 Å². The molecule has 1 fully saturated rings. The van der Waals surface area contributed by atoms with Gasteiger partial charge in [-0.05, 0) is 42.2 Å². The third-order valence-electron chi connectivity index (χ3n) is 4.29. The van der Waals surface area contributed by atoms with Crippen molar-refractivity contribution < 1.29 is 0 Å². The van der Waals surface area contributed by atoms with Gasteiger partial charge in [0.15, 0.2) is 0 Å². The van der Waals surface area contributed by atoms with Crippen LogP contribution in [0.5, 0.6) is 0 Å². The van der Waals surface area contributed by atoms with Crippen LogP contribution in [0.15, 0.2) is 24.3 Å². The van der Waals surface area contributed by atoms with Crippen molar-refractivity contribution in [2.45, 2.75) is 46.0 Å². The van der Waals surface area contributed by atoms with E-state index in [1.165, 1.54) is 11.1 Å². The zero-order valence-electron chi connectivity index (χ0n) is 11.2. The third kappa shape index (κ3) is 1.97. The minimum absolute atomic E-state index is 0.219. The Balaban J connectivity index is 2.27. The van der Waals surface area contributed by atoms with Crippen molar-refractivity contribution in [3.63, 3.8) is 0 Å². The lowest BCUT2D eigenvalue weighted by Gasteiger charge is -2.49. The van der Waals surface area contributed by atoms with Gasteiger partial charge in [0.05, 0.1) is 11.5 Å². The van der Waals surface area contributed by atoms with Crippen molar-refractivity contribution >= 4 is 0 Å². The van der Waals surface area contributed by atoms with Crippen LogP contribution in [0.3, 0.4) is 0 Å². The predicted octanol–water partition coefficient (Wildman–Crippen LogP) is 4.21. The number of benzene rings is 1. The van der Waals surface area contributed by atoms with Gasteiger partial charge in [-0.15, -0.1) is 0 Å². The molecule has 1 heteroatoms. The van der Waals surface area contributed by atoms with Crippen molar-refractivity contribution in [3.8, 4) is 6.07 Å². The highest BCUT2D eigenvalue weighted by molar-refractivity contribution is 5.41. The molecule has 1 saturated carbocycles. The maximum absolute atomic E-state index is 9.55. The van der Waals surface area contributed by atoms with E-state index in [9.17, 15) is 5.26 Å². The summed E-state index contributed by atoms with van der Waals surface area (Å²) in [7, 11) is 0. The van der Waals surface area contributed by atoms with Crippen LogP contribution >= 0.6 is 0 Å². The van der Waals surface area contributed by atoms with E-state index in [1.54, 1.807) is 0 Å². The van der Waals surface area contributed by atoms with Gasteiger partial charge in [-0.25, -0.2) is 0 Å². The lowest BCUT2D eigenvalue weighted by Crippen LogP contribution is -2.45. The molecule has 1 aliphatic rings. The molecule has 90 valence electrons. The number of rotatable bonds is 1. The fraction of sp³-hybridized carbons (Fsp3) is 0.562. The van der Waals surface area contributed by atoms with Gasteiger partial charge >= 0.3 is 0 Å². The highest BCUT2D eigenvalue weighted by atomic mass is 14.5. The number of aryl methyl sites for hydroxylation is 1. The van der Waals surface area contributed by atoms with E-state index in [-0.39, 0.29) is 5.41 Å². The molecule has 1 aliphatic carbocycles. The number of hydrogen-bond acceptors (Lipinski definition) is 1. The molecule has 0 radical (unpaired) electrons. The second kappa shape index (κ2) is 3.88. The van der Waals surface area contributed by atoms with Gasteiger partial charge in [0, 0.05) is 0 Å². The Morgan fingerprint density at radius 3 is 2.29 bits per heavy atom. The van der Waals surface area contributed by atoms with Gasteiger partial charge < -0.3 is 0 Å². The summed E-state index contributed by atoms with van der Waals surface area (Å²) in [6.45, 7) is 8.93. The summed E-state index contributed by atoms with van der Waals surface area (Å²) in [5, 5.41) is 9.55. The van der Waals surface area contributed by atoms with Gasteiger partial charge in [0.1, 0.15) is 0 Å². The van der Waals surface area contributed by atoms with Gasteiger partial charge in [0.2, 0.25) is 0 Å². The minimum atomic E-state index is -0.219. The van der Waals surface area contributed by atoms with Gasteiger partial charge in [-0.1, -0.05) is 45.0 Å². The first-order valence-electron chi connectivity index (χ1n) is 6.36. The summed E-state index contributed by atoms with van der Waals surface area (Å²) in [6, 6.07) is 10.9. The van der Waals surface area contributed by atoms with E-state index in [0.717, 1.165) is 12.8 Å². The number of hydrogen-bond donors (Lipinski definition) is 0. The quantitative estimate of drug-likeness (QED) is 0.705. The first-order chi connectivity index (χ1) is 7.89. The maximum Gasteiger partial charge on any atom is 0.0830 e. The Kier molecular flexibility index (Phi) is 2.78. The Hall–Kier alpha value is -1.29. The van der Waals surface area contributed by atoms with Crippen molar-refractivity contribution in [3.05, 3.63) is 35.4 Å². The highest BCUT2D eigenvalue weighted by Crippen LogP contribution is 2.54. The summed E-state index contributed by atoms with van der Waals surface area (Å²) < 4.78 is 0. The normalized spacial score (nSPS) is 28.3. The molecule has 0 N–H and O–H groups in total. The molecule has 0 unspecified atom stereocenters. The molecular formula is C16H21N. The minimum Gasteiger partial charge on any atom is -0.197 e. The van der Waals surface area contributed by atoms with Gasteiger partial charge in [-0.2, -0.15) is 5.26 Å². The molecule has 0 saturated heterocycles. The van der Waals surface area contributed by atoms with Crippen LogP contribution in [0.4, 0.5) is 0 Å². The topological polar surface area (TPSA) is 23.8 Å². The number of nitrogens with zero attached hydrogens (tertiary/aromatic N) is 1. The van der Waals surface area contributed by atoms with Crippen LogP contribution < -0.4 is 0 Å². The lowest BCUT2D eigenvalue weighted by atomic mass is 9.52. The summed E-state index contributed by atoms with van der Waals surface area (Å²) in [4.78, 5) is 0. The Labute approximate surface area is 104 Å². The molecule has 1 aromatic rings. The molecule has 0 spiro atoms. The fourth-order valence-corrected chi connectivity index (χ4v) is 2.88. The fourth-order valence-electron chi connectivity index (χ4n) is 2.88. The van der Waals surface area contributed by atoms with Crippen molar-refractivity contribution in [1.29, 1.82) is 5.26 Å². The zero-order chi connectivity index (χ0) is 12.7.